The predicted molar refractivity (Wildman–Crippen MR) is 130 cm³/mol. The minimum Gasteiger partial charge on any atom is -0.423 e. The molecule has 0 aliphatic heterocycles. The monoisotopic (exact) mass is 464 g/mol. The standard InChI is InChI=1S/C29H27F3O2/c1-3-5-7-9-20-11-15-25(27(31)17-20)29(33)34-23-14-16-24(28(32)19-23)22-13-12-21(26(30)18-22)10-8-6-4-2/h3,5,8,10-19H,4,6-7,9H2,1-2H3/b5-3+,10-8+. The van der Waals surface area contributed by atoms with Gasteiger partial charge in [-0.1, -0.05) is 55.8 Å². The Morgan fingerprint density at radius 3 is 2.38 bits per heavy atom. The van der Waals surface area contributed by atoms with Crippen LogP contribution >= 0.6 is 0 Å². The third kappa shape index (κ3) is 6.47. The minimum atomic E-state index is -0.918. The molecule has 3 aromatic carbocycles. The van der Waals surface area contributed by atoms with Crippen molar-refractivity contribution in [2.45, 2.75) is 39.5 Å². The van der Waals surface area contributed by atoms with Crippen LogP contribution in [0.3, 0.4) is 0 Å². The van der Waals surface area contributed by atoms with Gasteiger partial charge in [0.2, 0.25) is 0 Å². The van der Waals surface area contributed by atoms with Gasteiger partial charge >= 0.3 is 5.97 Å². The number of carbonyl (C=O) groups excluding carboxylic acids is 1. The first-order chi connectivity index (χ1) is 16.4. The van der Waals surface area contributed by atoms with Crippen molar-refractivity contribution in [1.29, 1.82) is 0 Å². The molecule has 2 nitrogen and oxygen atoms in total. The maximum atomic E-state index is 14.7. The van der Waals surface area contributed by atoms with E-state index in [1.807, 2.05) is 32.1 Å². The van der Waals surface area contributed by atoms with Gasteiger partial charge in [-0.3, -0.25) is 0 Å². The molecule has 0 radical (unpaired) electrons. The molecule has 0 aliphatic rings. The van der Waals surface area contributed by atoms with Crippen molar-refractivity contribution in [2.75, 3.05) is 0 Å². The van der Waals surface area contributed by atoms with E-state index in [1.165, 1.54) is 30.3 Å². The van der Waals surface area contributed by atoms with E-state index < -0.39 is 23.4 Å². The second kappa shape index (κ2) is 12.0. The van der Waals surface area contributed by atoms with Crippen molar-refractivity contribution < 1.29 is 22.7 Å². The molecule has 0 unspecified atom stereocenters. The fourth-order valence-corrected chi connectivity index (χ4v) is 3.46. The molecular weight excluding hydrogens is 437 g/mol. The molecule has 0 heterocycles. The van der Waals surface area contributed by atoms with Crippen LogP contribution in [0.4, 0.5) is 13.2 Å². The van der Waals surface area contributed by atoms with Gasteiger partial charge in [-0.15, -0.1) is 0 Å². The normalized spacial score (nSPS) is 11.4. The number of ether oxygens (including phenoxy) is 1. The number of esters is 1. The Balaban J connectivity index is 1.73. The number of aryl methyl sites for hydroxylation is 1. The number of hydrogen-bond acceptors (Lipinski definition) is 2. The molecule has 0 saturated heterocycles. The van der Waals surface area contributed by atoms with Gasteiger partial charge in [-0.25, -0.2) is 18.0 Å². The van der Waals surface area contributed by atoms with Gasteiger partial charge in [0, 0.05) is 17.2 Å². The van der Waals surface area contributed by atoms with Crippen LogP contribution in [0.5, 0.6) is 5.75 Å². The van der Waals surface area contributed by atoms with E-state index in [0.717, 1.165) is 30.9 Å². The largest absolute Gasteiger partial charge is 0.423 e. The third-order valence-electron chi connectivity index (χ3n) is 5.30. The number of benzene rings is 3. The second-order valence-corrected chi connectivity index (χ2v) is 7.88. The maximum absolute atomic E-state index is 14.7. The lowest BCUT2D eigenvalue weighted by molar-refractivity contribution is 0.0729. The molecule has 0 amide bonds. The molecule has 0 aliphatic carbocycles. The van der Waals surface area contributed by atoms with Gasteiger partial charge in [0.15, 0.2) is 0 Å². The zero-order valence-electron chi connectivity index (χ0n) is 19.3. The summed E-state index contributed by atoms with van der Waals surface area (Å²) in [6.07, 6.45) is 10.7. The summed E-state index contributed by atoms with van der Waals surface area (Å²) >= 11 is 0. The Hall–Kier alpha value is -3.60. The number of allylic oxidation sites excluding steroid dienone is 3. The lowest BCUT2D eigenvalue weighted by atomic mass is 10.0. The van der Waals surface area contributed by atoms with Gasteiger partial charge < -0.3 is 4.74 Å². The SMILES string of the molecule is C/C=C/CCc1ccc(C(=O)Oc2ccc(-c3ccc(/C=C/CCC)c(F)c3)c(F)c2)c(F)c1. The molecule has 0 atom stereocenters. The molecule has 0 N–H and O–H groups in total. The van der Waals surface area contributed by atoms with E-state index in [4.69, 9.17) is 4.74 Å². The van der Waals surface area contributed by atoms with Crippen molar-refractivity contribution in [3.8, 4) is 16.9 Å². The Morgan fingerprint density at radius 2 is 1.71 bits per heavy atom. The zero-order chi connectivity index (χ0) is 24.5. The van der Waals surface area contributed by atoms with Gasteiger partial charge in [-0.2, -0.15) is 0 Å². The smallest absolute Gasteiger partial charge is 0.346 e. The fraction of sp³-hybridized carbons (Fsp3) is 0.207. The second-order valence-electron chi connectivity index (χ2n) is 7.88. The minimum absolute atomic E-state index is 0.0672. The molecular formula is C29H27F3O2. The lowest BCUT2D eigenvalue weighted by Crippen LogP contribution is -2.11. The zero-order valence-corrected chi connectivity index (χ0v) is 19.3. The summed E-state index contributed by atoms with van der Waals surface area (Å²) in [7, 11) is 0. The highest BCUT2D eigenvalue weighted by atomic mass is 19.1. The van der Waals surface area contributed by atoms with Crippen LogP contribution in [0.1, 0.15) is 54.6 Å². The lowest BCUT2D eigenvalue weighted by Gasteiger charge is -2.09. The van der Waals surface area contributed by atoms with E-state index in [-0.39, 0.29) is 16.9 Å². The maximum Gasteiger partial charge on any atom is 0.346 e. The van der Waals surface area contributed by atoms with Crippen molar-refractivity contribution in [3.05, 3.63) is 107 Å². The van der Waals surface area contributed by atoms with Crippen molar-refractivity contribution >= 4 is 12.0 Å². The number of carbonyl (C=O) groups is 1. The van der Waals surface area contributed by atoms with Gasteiger partial charge in [0.25, 0.3) is 0 Å². The van der Waals surface area contributed by atoms with E-state index in [1.54, 1.807) is 24.3 Å². The molecule has 0 fully saturated rings. The summed E-state index contributed by atoms with van der Waals surface area (Å²) in [5.74, 6) is -2.81. The van der Waals surface area contributed by atoms with Crippen LogP contribution in [0, 0.1) is 17.5 Å². The fourth-order valence-electron chi connectivity index (χ4n) is 3.46. The summed E-state index contributed by atoms with van der Waals surface area (Å²) in [6, 6.07) is 12.7. The molecule has 34 heavy (non-hydrogen) atoms. The van der Waals surface area contributed by atoms with E-state index in [0.29, 0.717) is 17.5 Å². The van der Waals surface area contributed by atoms with Crippen LogP contribution in [-0.2, 0) is 6.42 Å². The number of unbranched alkanes of at least 4 members (excludes halogenated alkanes) is 1. The molecule has 3 rings (SSSR count). The quantitative estimate of drug-likeness (QED) is 0.181. The Labute approximate surface area is 198 Å². The highest BCUT2D eigenvalue weighted by Crippen LogP contribution is 2.28. The summed E-state index contributed by atoms with van der Waals surface area (Å²) in [5.41, 5.74) is 1.49. The van der Waals surface area contributed by atoms with Crippen LogP contribution in [0.2, 0.25) is 0 Å². The first kappa shape index (κ1) is 25.0. The first-order valence-electron chi connectivity index (χ1n) is 11.3. The average Bonchev–Trinajstić information content (AvgIpc) is 2.80. The molecule has 0 saturated carbocycles. The van der Waals surface area contributed by atoms with Crippen molar-refractivity contribution in [3.63, 3.8) is 0 Å². The highest BCUT2D eigenvalue weighted by molar-refractivity contribution is 5.91. The molecule has 0 bridgehead atoms. The first-order valence-corrected chi connectivity index (χ1v) is 11.3. The molecule has 5 heteroatoms. The van der Waals surface area contributed by atoms with Crippen LogP contribution in [-0.4, -0.2) is 5.97 Å². The van der Waals surface area contributed by atoms with Crippen LogP contribution in [0.15, 0.2) is 72.8 Å². The van der Waals surface area contributed by atoms with E-state index >= 15 is 0 Å². The summed E-state index contributed by atoms with van der Waals surface area (Å²) in [4.78, 5) is 12.4. The van der Waals surface area contributed by atoms with Gasteiger partial charge in [0.05, 0.1) is 5.56 Å². The summed E-state index contributed by atoms with van der Waals surface area (Å²) < 4.78 is 48.7. The summed E-state index contributed by atoms with van der Waals surface area (Å²) in [5, 5.41) is 0. The van der Waals surface area contributed by atoms with Crippen LogP contribution < -0.4 is 4.74 Å². The van der Waals surface area contributed by atoms with Crippen LogP contribution in [0.25, 0.3) is 17.2 Å². The number of rotatable bonds is 9. The van der Waals surface area contributed by atoms with Gasteiger partial charge in [-0.05, 0) is 67.6 Å². The van der Waals surface area contributed by atoms with E-state index in [9.17, 15) is 18.0 Å². The number of hydrogen-bond donors (Lipinski definition) is 0. The molecule has 0 spiro atoms. The topological polar surface area (TPSA) is 26.3 Å². The molecule has 3 aromatic rings. The molecule has 0 aromatic heterocycles. The molecule has 176 valence electrons. The Bertz CT molecular complexity index is 1210. The Morgan fingerprint density at radius 1 is 0.882 bits per heavy atom. The predicted octanol–water partition coefficient (Wildman–Crippen LogP) is 8.31. The van der Waals surface area contributed by atoms with Crippen molar-refractivity contribution in [2.24, 2.45) is 0 Å². The highest BCUT2D eigenvalue weighted by Gasteiger charge is 2.16. The van der Waals surface area contributed by atoms with E-state index in [2.05, 4.69) is 0 Å². The summed E-state index contributed by atoms with van der Waals surface area (Å²) in [6.45, 7) is 3.95. The van der Waals surface area contributed by atoms with Gasteiger partial charge in [0.1, 0.15) is 23.2 Å². The van der Waals surface area contributed by atoms with Crippen molar-refractivity contribution in [1.82, 2.24) is 0 Å². The third-order valence-corrected chi connectivity index (χ3v) is 5.30. The average molecular weight is 465 g/mol. The number of halogens is 3. The Kier molecular flexibility index (Phi) is 8.86.